The fraction of sp³-hybridized carbons (Fsp3) is 0.677. The number of aryl methyl sites for hydroxylation is 1. The molecule has 4 bridgehead atoms. The third kappa shape index (κ3) is 4.87. The first-order valence-corrected chi connectivity index (χ1v) is 14.1. The molecule has 6 saturated carbocycles. The van der Waals surface area contributed by atoms with Gasteiger partial charge in [-0.15, -0.1) is 0 Å². The summed E-state index contributed by atoms with van der Waals surface area (Å²) in [6, 6.07) is 9.21. The zero-order valence-corrected chi connectivity index (χ0v) is 21.7. The Kier molecular flexibility index (Phi) is 7.92. The van der Waals surface area contributed by atoms with Crippen LogP contribution in [0.5, 0.6) is 0 Å². The van der Waals surface area contributed by atoms with Crippen LogP contribution in [-0.2, 0) is 11.8 Å². The molecule has 0 amide bonds. The number of rotatable bonds is 8. The molecular weight excluding hydrogens is 419 g/mol. The number of allylic oxidation sites excluding steroid dienone is 1. The fourth-order valence-corrected chi connectivity index (χ4v) is 7.49. The summed E-state index contributed by atoms with van der Waals surface area (Å²) in [5, 5.41) is 4.06. The number of halogens is 1. The lowest BCUT2D eigenvalue weighted by Gasteiger charge is -2.57. The number of hydrogen-bond acceptors (Lipinski definition) is 2. The van der Waals surface area contributed by atoms with E-state index in [0.717, 1.165) is 12.3 Å². The van der Waals surface area contributed by atoms with Crippen LogP contribution >= 0.6 is 0 Å². The fourth-order valence-electron chi connectivity index (χ4n) is 7.49. The zero-order chi connectivity index (χ0) is 24.2. The van der Waals surface area contributed by atoms with Crippen LogP contribution in [0, 0.1) is 11.3 Å². The van der Waals surface area contributed by atoms with Gasteiger partial charge in [-0.1, -0.05) is 44.7 Å². The molecule has 0 heterocycles. The second kappa shape index (κ2) is 10.6. The summed E-state index contributed by atoms with van der Waals surface area (Å²) in [7, 11) is 0. The minimum absolute atomic E-state index is 0.307. The van der Waals surface area contributed by atoms with E-state index in [0.29, 0.717) is 41.2 Å². The van der Waals surface area contributed by atoms with Crippen molar-refractivity contribution in [2.45, 2.75) is 115 Å². The van der Waals surface area contributed by atoms with Gasteiger partial charge in [0.25, 0.3) is 0 Å². The molecule has 2 nitrogen and oxygen atoms in total. The van der Waals surface area contributed by atoms with Crippen LogP contribution in [-0.4, -0.2) is 12.1 Å². The molecule has 0 spiro atoms. The van der Waals surface area contributed by atoms with Crippen molar-refractivity contribution in [3.63, 3.8) is 0 Å². The molecule has 0 aromatic heterocycles. The summed E-state index contributed by atoms with van der Waals surface area (Å²) in [5.74, 6) is 1.00. The van der Waals surface area contributed by atoms with E-state index < -0.39 is 0 Å². The summed E-state index contributed by atoms with van der Waals surface area (Å²) < 4.78 is 12.8. The third-order valence-electron chi connectivity index (χ3n) is 10.1. The molecule has 3 heteroatoms. The highest BCUT2D eigenvalue weighted by Gasteiger charge is 2.52. The maximum atomic E-state index is 12.8. The van der Waals surface area contributed by atoms with Gasteiger partial charge in [0, 0.05) is 23.2 Å². The van der Waals surface area contributed by atoms with Crippen LogP contribution in [0.1, 0.15) is 108 Å². The highest BCUT2D eigenvalue weighted by atomic mass is 19.1. The van der Waals surface area contributed by atoms with Gasteiger partial charge in [-0.05, 0) is 118 Å². The average Bonchev–Trinajstić information content (AvgIpc) is 2.92. The Hall–Kier alpha value is -1.61. The SMILES string of the molecule is C=C(NC12CCC(CC1)CC2)C12CCC(c3ccc(CC/C(=C/F)CN)cc3)(CC1)CC2.CC. The molecule has 1 aromatic carbocycles. The molecule has 0 aliphatic heterocycles. The second-order valence-electron chi connectivity index (χ2n) is 11.6. The molecule has 6 fully saturated rings. The summed E-state index contributed by atoms with van der Waals surface area (Å²) in [6.07, 6.45) is 18.3. The van der Waals surface area contributed by atoms with Gasteiger partial charge in [-0.25, -0.2) is 4.39 Å². The first kappa shape index (κ1) is 25.5. The van der Waals surface area contributed by atoms with Crippen LogP contribution in [0.15, 0.2) is 48.4 Å². The first-order valence-electron chi connectivity index (χ1n) is 14.1. The van der Waals surface area contributed by atoms with Crippen LogP contribution < -0.4 is 11.1 Å². The maximum absolute atomic E-state index is 12.8. The predicted octanol–water partition coefficient (Wildman–Crippen LogP) is 7.88. The molecule has 0 saturated heterocycles. The summed E-state index contributed by atoms with van der Waals surface area (Å²) in [5.41, 5.74) is 11.5. The predicted molar refractivity (Wildman–Crippen MR) is 142 cm³/mol. The number of nitrogens with one attached hydrogen (secondary N) is 1. The normalized spacial score (nSPS) is 34.4. The van der Waals surface area contributed by atoms with Crippen molar-refractivity contribution in [2.24, 2.45) is 17.1 Å². The standard InChI is InChI=1S/C29H41FN2.C2H6/c1-22(32-29-11-8-24(9-12-29)10-13-29)27-14-17-28(18-15-27,19-16-27)26-6-4-23(5-7-26)2-3-25(20-30)21-31;1-2/h4-7,20,24,32H,1-3,8-19,21,31H2;1-2H3/b25-20-;. The molecule has 0 unspecified atom stereocenters. The average molecular weight is 467 g/mol. The minimum Gasteiger partial charge on any atom is -0.383 e. The van der Waals surface area contributed by atoms with Crippen molar-refractivity contribution in [1.29, 1.82) is 0 Å². The quantitative estimate of drug-likeness (QED) is 0.409. The number of hydrogen-bond donors (Lipinski definition) is 2. The molecule has 0 radical (unpaired) electrons. The van der Waals surface area contributed by atoms with E-state index in [1.54, 1.807) is 0 Å². The van der Waals surface area contributed by atoms with Crippen molar-refractivity contribution in [2.75, 3.05) is 6.54 Å². The van der Waals surface area contributed by atoms with Crippen molar-refractivity contribution in [3.05, 3.63) is 59.6 Å². The Bertz CT molecular complexity index is 822. The lowest BCUT2D eigenvalue weighted by atomic mass is 9.51. The van der Waals surface area contributed by atoms with E-state index in [4.69, 9.17) is 5.73 Å². The summed E-state index contributed by atoms with van der Waals surface area (Å²) >= 11 is 0. The smallest absolute Gasteiger partial charge is 0.0871 e. The molecule has 3 N–H and O–H groups in total. The molecule has 7 rings (SSSR count). The molecule has 6 aliphatic carbocycles. The van der Waals surface area contributed by atoms with Crippen LogP contribution in [0.2, 0.25) is 0 Å². The van der Waals surface area contributed by atoms with E-state index in [-0.39, 0.29) is 0 Å². The van der Waals surface area contributed by atoms with E-state index in [1.807, 2.05) is 13.8 Å². The van der Waals surface area contributed by atoms with Gasteiger partial charge in [0.2, 0.25) is 0 Å². The van der Waals surface area contributed by atoms with Gasteiger partial charge in [0.15, 0.2) is 0 Å². The number of benzene rings is 1. The van der Waals surface area contributed by atoms with Gasteiger partial charge in [0.05, 0.1) is 6.33 Å². The van der Waals surface area contributed by atoms with Gasteiger partial charge in [-0.3, -0.25) is 0 Å². The summed E-state index contributed by atoms with van der Waals surface area (Å²) in [4.78, 5) is 0. The van der Waals surface area contributed by atoms with Gasteiger partial charge >= 0.3 is 0 Å². The molecule has 188 valence electrons. The Labute approximate surface area is 207 Å². The molecule has 1 aromatic rings. The summed E-state index contributed by atoms with van der Waals surface area (Å²) in [6.45, 7) is 8.96. The maximum Gasteiger partial charge on any atom is 0.0871 e. The van der Waals surface area contributed by atoms with E-state index >= 15 is 0 Å². The van der Waals surface area contributed by atoms with Crippen molar-refractivity contribution in [3.8, 4) is 0 Å². The molecule has 34 heavy (non-hydrogen) atoms. The van der Waals surface area contributed by atoms with Crippen molar-refractivity contribution < 1.29 is 4.39 Å². The van der Waals surface area contributed by atoms with E-state index in [1.165, 1.54) is 93.9 Å². The highest BCUT2D eigenvalue weighted by molar-refractivity contribution is 5.33. The zero-order valence-electron chi connectivity index (χ0n) is 21.7. The third-order valence-corrected chi connectivity index (χ3v) is 10.1. The van der Waals surface area contributed by atoms with Crippen LogP contribution in [0.25, 0.3) is 0 Å². The monoisotopic (exact) mass is 466 g/mol. The lowest BCUT2D eigenvalue weighted by molar-refractivity contribution is 0.0471. The Morgan fingerprint density at radius 1 is 0.971 bits per heavy atom. The van der Waals surface area contributed by atoms with E-state index in [9.17, 15) is 4.39 Å². The minimum atomic E-state index is 0.307. The highest BCUT2D eigenvalue weighted by Crippen LogP contribution is 2.60. The second-order valence-corrected chi connectivity index (χ2v) is 11.6. The largest absolute Gasteiger partial charge is 0.383 e. The molecular formula is C31H47FN2. The van der Waals surface area contributed by atoms with Gasteiger partial charge in [0.1, 0.15) is 0 Å². The van der Waals surface area contributed by atoms with Gasteiger partial charge < -0.3 is 11.1 Å². The number of nitrogens with two attached hydrogens (primary N) is 1. The molecule has 0 atom stereocenters. The lowest BCUT2D eigenvalue weighted by Crippen LogP contribution is -2.55. The van der Waals surface area contributed by atoms with Crippen molar-refractivity contribution in [1.82, 2.24) is 5.32 Å². The molecule has 6 aliphatic rings. The first-order chi connectivity index (χ1) is 16.5. The Balaban J connectivity index is 0.00000133. The van der Waals surface area contributed by atoms with Crippen LogP contribution in [0.4, 0.5) is 4.39 Å². The van der Waals surface area contributed by atoms with Crippen molar-refractivity contribution >= 4 is 0 Å². The topological polar surface area (TPSA) is 38.0 Å². The van der Waals surface area contributed by atoms with Gasteiger partial charge in [-0.2, -0.15) is 0 Å². The Morgan fingerprint density at radius 2 is 1.53 bits per heavy atom. The van der Waals surface area contributed by atoms with Crippen LogP contribution in [0.3, 0.4) is 0 Å². The van der Waals surface area contributed by atoms with E-state index in [2.05, 4.69) is 36.2 Å². The Morgan fingerprint density at radius 3 is 2.03 bits per heavy atom. The number of fused-ring (bicyclic) bond motifs is 6.